The lowest BCUT2D eigenvalue weighted by Gasteiger charge is -2.42. The van der Waals surface area contributed by atoms with Gasteiger partial charge >= 0.3 is 0 Å². The molecule has 2 heterocycles. The zero-order valence-corrected chi connectivity index (χ0v) is 12.2. The second-order valence-corrected chi connectivity index (χ2v) is 5.55. The van der Waals surface area contributed by atoms with Crippen LogP contribution in [0.5, 0.6) is 0 Å². The Bertz CT molecular complexity index is 283. The summed E-state index contributed by atoms with van der Waals surface area (Å²) in [6.45, 7) is 6.22. The van der Waals surface area contributed by atoms with Gasteiger partial charge in [-0.2, -0.15) is 0 Å². The lowest BCUT2D eigenvalue weighted by molar-refractivity contribution is -0.144. The molecule has 1 unspecified atom stereocenters. The number of carbonyl (C=O) groups excluding carboxylic acids is 1. The first kappa shape index (κ1) is 15.7. The smallest absolute Gasteiger partial charge is 0.224 e. The first-order chi connectivity index (χ1) is 9.85. The highest BCUT2D eigenvalue weighted by atomic mass is 16.5. The fourth-order valence-corrected chi connectivity index (χ4v) is 3.08. The van der Waals surface area contributed by atoms with E-state index in [1.807, 2.05) is 5.01 Å². The molecule has 2 aliphatic heterocycles. The number of amides is 1. The van der Waals surface area contributed by atoms with Gasteiger partial charge in [0.25, 0.3) is 0 Å². The van der Waals surface area contributed by atoms with Crippen molar-refractivity contribution in [3.05, 3.63) is 0 Å². The van der Waals surface area contributed by atoms with Gasteiger partial charge in [-0.25, -0.2) is 5.01 Å². The molecule has 1 atom stereocenters. The molecule has 0 aromatic carbocycles. The summed E-state index contributed by atoms with van der Waals surface area (Å²) in [4.78, 5) is 13.7. The highest BCUT2D eigenvalue weighted by Crippen LogP contribution is 2.20. The number of morpholine rings is 1. The summed E-state index contributed by atoms with van der Waals surface area (Å²) < 4.78 is 5.34. The molecule has 0 saturated carbocycles. The molecule has 6 nitrogen and oxygen atoms in total. The van der Waals surface area contributed by atoms with E-state index in [0.717, 1.165) is 71.6 Å². The quantitative estimate of drug-likeness (QED) is 0.664. The Morgan fingerprint density at radius 2 is 2.05 bits per heavy atom. The minimum absolute atomic E-state index is 0.192. The van der Waals surface area contributed by atoms with Gasteiger partial charge in [0.15, 0.2) is 0 Å². The molecule has 0 spiro atoms. The monoisotopic (exact) mass is 285 g/mol. The SMILES string of the molecule is O=CN(CCN1CCOCC1)N1CCCCC1CCO. The van der Waals surface area contributed by atoms with Crippen LogP contribution in [-0.4, -0.2) is 85.0 Å². The van der Waals surface area contributed by atoms with Crippen molar-refractivity contribution in [2.45, 2.75) is 31.7 Å². The molecule has 1 amide bonds. The van der Waals surface area contributed by atoms with E-state index in [2.05, 4.69) is 9.91 Å². The van der Waals surface area contributed by atoms with E-state index in [-0.39, 0.29) is 6.61 Å². The van der Waals surface area contributed by atoms with Gasteiger partial charge in [-0.3, -0.25) is 14.7 Å². The molecule has 2 aliphatic rings. The first-order valence-corrected chi connectivity index (χ1v) is 7.74. The molecule has 0 bridgehead atoms. The number of carbonyl (C=O) groups is 1. The predicted molar refractivity (Wildman–Crippen MR) is 76.1 cm³/mol. The molecule has 6 heteroatoms. The number of aliphatic hydroxyl groups excluding tert-OH is 1. The molecule has 2 fully saturated rings. The third-order valence-electron chi connectivity index (χ3n) is 4.26. The Morgan fingerprint density at radius 3 is 2.75 bits per heavy atom. The topological polar surface area (TPSA) is 56.2 Å². The third kappa shape index (κ3) is 4.41. The molecule has 0 radical (unpaired) electrons. The number of piperidine rings is 1. The van der Waals surface area contributed by atoms with Crippen molar-refractivity contribution in [2.75, 3.05) is 52.5 Å². The Labute approximate surface area is 121 Å². The maximum Gasteiger partial charge on any atom is 0.224 e. The Morgan fingerprint density at radius 1 is 1.25 bits per heavy atom. The molecule has 0 aromatic heterocycles. The van der Waals surface area contributed by atoms with Crippen molar-refractivity contribution in [3.8, 4) is 0 Å². The number of nitrogens with zero attached hydrogens (tertiary/aromatic N) is 3. The van der Waals surface area contributed by atoms with E-state index in [1.54, 1.807) is 0 Å². The van der Waals surface area contributed by atoms with Crippen molar-refractivity contribution >= 4 is 6.41 Å². The van der Waals surface area contributed by atoms with E-state index in [9.17, 15) is 4.79 Å². The molecule has 2 saturated heterocycles. The summed E-state index contributed by atoms with van der Waals surface area (Å²) in [5.74, 6) is 0. The number of hydrazine groups is 1. The second kappa shape index (κ2) is 8.56. The van der Waals surface area contributed by atoms with Crippen LogP contribution in [0.1, 0.15) is 25.7 Å². The summed E-state index contributed by atoms with van der Waals surface area (Å²) in [5.41, 5.74) is 0. The van der Waals surface area contributed by atoms with Gasteiger partial charge < -0.3 is 9.84 Å². The number of rotatable bonds is 7. The van der Waals surface area contributed by atoms with E-state index < -0.39 is 0 Å². The Kier molecular flexibility index (Phi) is 6.72. The van der Waals surface area contributed by atoms with E-state index >= 15 is 0 Å². The van der Waals surface area contributed by atoms with Gasteiger partial charge in [-0.05, 0) is 19.3 Å². The number of hydrogen-bond donors (Lipinski definition) is 1. The van der Waals surface area contributed by atoms with Crippen LogP contribution in [0.2, 0.25) is 0 Å². The Hall–Kier alpha value is -0.690. The van der Waals surface area contributed by atoms with Crippen LogP contribution >= 0.6 is 0 Å². The molecular weight excluding hydrogens is 258 g/mol. The van der Waals surface area contributed by atoms with Crippen LogP contribution in [-0.2, 0) is 9.53 Å². The maximum atomic E-state index is 11.4. The standard InChI is InChI=1S/C14H27N3O3/c18-10-4-14-3-1-2-5-17(14)16(13-19)7-6-15-8-11-20-12-9-15/h13-14,18H,1-12H2. The van der Waals surface area contributed by atoms with Crippen molar-refractivity contribution in [2.24, 2.45) is 0 Å². The highest BCUT2D eigenvalue weighted by Gasteiger charge is 2.26. The lowest BCUT2D eigenvalue weighted by atomic mass is 10.0. The fraction of sp³-hybridized carbons (Fsp3) is 0.929. The van der Waals surface area contributed by atoms with Crippen molar-refractivity contribution in [3.63, 3.8) is 0 Å². The average molecular weight is 285 g/mol. The fourth-order valence-electron chi connectivity index (χ4n) is 3.08. The third-order valence-corrected chi connectivity index (χ3v) is 4.26. The average Bonchev–Trinajstić information content (AvgIpc) is 2.51. The molecule has 20 heavy (non-hydrogen) atoms. The summed E-state index contributed by atoms with van der Waals surface area (Å²) in [7, 11) is 0. The van der Waals surface area contributed by atoms with Crippen LogP contribution in [0, 0.1) is 0 Å². The van der Waals surface area contributed by atoms with E-state index in [0.29, 0.717) is 6.04 Å². The van der Waals surface area contributed by atoms with Crippen molar-refractivity contribution in [1.82, 2.24) is 14.9 Å². The predicted octanol–water partition coefficient (Wildman–Crippen LogP) is -0.0711. The number of ether oxygens (including phenoxy) is 1. The normalized spacial score (nSPS) is 25.6. The van der Waals surface area contributed by atoms with Crippen LogP contribution in [0.25, 0.3) is 0 Å². The summed E-state index contributed by atoms with van der Waals surface area (Å²) in [6.07, 6.45) is 5.08. The van der Waals surface area contributed by atoms with Crippen LogP contribution in [0.4, 0.5) is 0 Å². The van der Waals surface area contributed by atoms with Gasteiger partial charge in [0.05, 0.1) is 19.8 Å². The zero-order valence-electron chi connectivity index (χ0n) is 12.2. The Balaban J connectivity index is 1.83. The minimum Gasteiger partial charge on any atom is -0.396 e. The molecule has 0 aliphatic carbocycles. The van der Waals surface area contributed by atoms with Crippen LogP contribution in [0.3, 0.4) is 0 Å². The van der Waals surface area contributed by atoms with Gasteiger partial charge in [-0.1, -0.05) is 6.42 Å². The maximum absolute atomic E-state index is 11.4. The largest absolute Gasteiger partial charge is 0.396 e. The van der Waals surface area contributed by atoms with Gasteiger partial charge in [0.1, 0.15) is 0 Å². The van der Waals surface area contributed by atoms with Crippen LogP contribution < -0.4 is 0 Å². The van der Waals surface area contributed by atoms with Gasteiger partial charge in [-0.15, -0.1) is 0 Å². The summed E-state index contributed by atoms with van der Waals surface area (Å²) in [6, 6.07) is 0.309. The number of hydrogen-bond acceptors (Lipinski definition) is 5. The van der Waals surface area contributed by atoms with E-state index in [4.69, 9.17) is 9.84 Å². The molecular formula is C14H27N3O3. The summed E-state index contributed by atoms with van der Waals surface area (Å²) >= 11 is 0. The lowest BCUT2D eigenvalue weighted by Crippen LogP contribution is -2.53. The highest BCUT2D eigenvalue weighted by molar-refractivity contribution is 5.46. The van der Waals surface area contributed by atoms with E-state index in [1.165, 1.54) is 6.42 Å². The van der Waals surface area contributed by atoms with Gasteiger partial charge in [0.2, 0.25) is 6.41 Å². The summed E-state index contributed by atoms with van der Waals surface area (Å²) in [5, 5.41) is 13.1. The first-order valence-electron chi connectivity index (χ1n) is 7.74. The minimum atomic E-state index is 0.192. The second-order valence-electron chi connectivity index (χ2n) is 5.55. The molecule has 116 valence electrons. The zero-order chi connectivity index (χ0) is 14.2. The molecule has 1 N–H and O–H groups in total. The van der Waals surface area contributed by atoms with Crippen molar-refractivity contribution in [1.29, 1.82) is 0 Å². The van der Waals surface area contributed by atoms with Crippen molar-refractivity contribution < 1.29 is 14.6 Å². The van der Waals surface area contributed by atoms with Crippen LogP contribution in [0.15, 0.2) is 0 Å². The van der Waals surface area contributed by atoms with Gasteiger partial charge in [0, 0.05) is 38.8 Å². The number of aliphatic hydroxyl groups is 1. The molecule has 0 aromatic rings. The molecule has 2 rings (SSSR count).